The quantitative estimate of drug-likeness (QED) is 0.0657. The Morgan fingerprint density at radius 2 is 1.95 bits per heavy atom. The second-order valence-electron chi connectivity index (χ2n) is 9.04. The maximum absolute atomic E-state index is 13.9. The van der Waals surface area contributed by atoms with Crippen molar-refractivity contribution in [1.29, 1.82) is 0 Å². The number of nitrogens with two attached hydrogens (primary N) is 2. The van der Waals surface area contributed by atoms with Crippen molar-refractivity contribution in [1.82, 2.24) is 14.3 Å². The highest BCUT2D eigenvalue weighted by molar-refractivity contribution is 8.08. The molecule has 2 saturated heterocycles. The molecule has 2 aliphatic rings. The summed E-state index contributed by atoms with van der Waals surface area (Å²) in [6.07, 6.45) is -10.6. The van der Waals surface area contributed by atoms with E-state index in [1.54, 1.807) is 0 Å². The summed E-state index contributed by atoms with van der Waals surface area (Å²) in [7, 11) is -5.51. The number of ether oxygens (including phenoxy) is 2. The molecule has 2 aromatic rings. The van der Waals surface area contributed by atoms with Crippen molar-refractivity contribution in [3.63, 3.8) is 0 Å². The summed E-state index contributed by atoms with van der Waals surface area (Å²) in [6, 6.07) is 0. The van der Waals surface area contributed by atoms with Crippen molar-refractivity contribution < 1.29 is 71.1 Å². The van der Waals surface area contributed by atoms with Crippen molar-refractivity contribution >= 4 is 55.1 Å². The fourth-order valence-electron chi connectivity index (χ4n) is 4.09. The predicted octanol–water partition coefficient (Wildman–Crippen LogP) is -3.95. The largest absolute Gasteiger partial charge is 0.481 e. The molecule has 4 heterocycles. The number of alkyl halides is 1. The lowest BCUT2D eigenvalue weighted by Gasteiger charge is -2.41. The van der Waals surface area contributed by atoms with Crippen LogP contribution in [0.5, 0.6) is 0 Å². The van der Waals surface area contributed by atoms with Gasteiger partial charge in [0.1, 0.15) is 36.6 Å². The molecule has 19 nitrogen and oxygen atoms in total. The Kier molecular flexibility index (Phi) is 9.96. The van der Waals surface area contributed by atoms with E-state index < -0.39 is 88.6 Å². The van der Waals surface area contributed by atoms with Crippen molar-refractivity contribution in [3.05, 3.63) is 6.33 Å². The van der Waals surface area contributed by atoms with E-state index in [4.69, 9.17) is 48.8 Å². The summed E-state index contributed by atoms with van der Waals surface area (Å²) in [4.78, 5) is 28.4. The lowest BCUT2D eigenvalue weighted by atomic mass is 9.92. The Morgan fingerprint density at radius 3 is 2.60 bits per heavy atom. The Labute approximate surface area is 244 Å². The van der Waals surface area contributed by atoms with E-state index in [1.807, 2.05) is 0 Å². The van der Waals surface area contributed by atoms with E-state index in [1.165, 1.54) is 3.96 Å². The number of rotatable bonds is 10. The molecule has 0 saturated carbocycles. The third-order valence-corrected chi connectivity index (χ3v) is 10.6. The molecule has 2 aromatic heterocycles. The molecule has 42 heavy (non-hydrogen) atoms. The molecule has 0 spiro atoms. The van der Waals surface area contributed by atoms with Crippen LogP contribution in [0.3, 0.4) is 0 Å². The first-order valence-electron chi connectivity index (χ1n) is 11.6. The summed E-state index contributed by atoms with van der Waals surface area (Å²) >= 11 is 5.53. The van der Waals surface area contributed by atoms with Crippen LogP contribution in [-0.2, 0) is 39.2 Å². The number of aromatic nitrogens is 4. The molecule has 234 valence electrons. The number of nitrogens with zero attached hydrogens (tertiary/aromatic N) is 4. The van der Waals surface area contributed by atoms with Crippen molar-refractivity contribution in [2.45, 2.75) is 60.9 Å². The van der Waals surface area contributed by atoms with Crippen LogP contribution in [0.1, 0.15) is 6.23 Å². The average molecular weight is 680 g/mol. The number of phosphoric ester groups is 1. The number of aliphatic hydroxyl groups excluding tert-OH is 5. The smallest absolute Gasteiger partial charge is 0.393 e. The first-order valence-corrected chi connectivity index (χ1v) is 16.4. The predicted molar refractivity (Wildman–Crippen MR) is 139 cm³/mol. The number of hydrogen-bond acceptors (Lipinski definition) is 18. The summed E-state index contributed by atoms with van der Waals surface area (Å²) in [5.41, 5.74) is 10.5. The minimum absolute atomic E-state index is 0.0517. The van der Waals surface area contributed by atoms with E-state index in [0.29, 0.717) is 0 Å². The number of halogens is 1. The minimum atomic E-state index is -5.51. The van der Waals surface area contributed by atoms with Gasteiger partial charge >= 0.3 is 20.2 Å². The van der Waals surface area contributed by atoms with Crippen LogP contribution in [0.4, 0.5) is 10.2 Å². The molecule has 2 fully saturated rings. The first kappa shape index (κ1) is 33.4. The lowest BCUT2D eigenvalue weighted by Crippen LogP contribution is -2.60. The second kappa shape index (κ2) is 12.5. The topological polar surface area (TPSA) is 299 Å². The zero-order valence-corrected chi connectivity index (χ0v) is 24.3. The number of aliphatic hydroxyl groups is 5. The van der Waals surface area contributed by atoms with Crippen molar-refractivity contribution in [2.24, 2.45) is 5.73 Å². The van der Waals surface area contributed by atoms with Gasteiger partial charge < -0.3 is 60.8 Å². The molecule has 24 heteroatoms. The molecule has 0 radical (unpaired) electrons. The summed E-state index contributed by atoms with van der Waals surface area (Å²) in [5, 5.41) is 49.6. The van der Waals surface area contributed by atoms with Gasteiger partial charge in [-0.2, -0.15) is 4.98 Å². The summed E-state index contributed by atoms with van der Waals surface area (Å²) < 4.78 is 56.7. The van der Waals surface area contributed by atoms with Gasteiger partial charge in [0.25, 0.3) is 5.52 Å². The number of anilines is 1. The molecule has 0 amide bonds. The zero-order valence-electron chi connectivity index (χ0n) is 20.9. The van der Waals surface area contributed by atoms with E-state index in [2.05, 4.69) is 29.1 Å². The Balaban J connectivity index is 1.44. The highest BCUT2D eigenvalue weighted by atomic mass is 32.5. The molecule has 0 bridgehead atoms. The van der Waals surface area contributed by atoms with Gasteiger partial charge in [0.2, 0.25) is 18.0 Å². The number of fused-ring (bicyclic) bond motifs is 1. The zero-order chi connectivity index (χ0) is 31.2. The SMILES string of the molecule is C#C[C@@]1(N)[C@H](O)[C@@H](COP(O)(=S)OP(=O)(O)OC2OC([C@@H](F)CO)C(O)C(O)C2O)O[C@H]1[n+]1snc2c(N)ncnc21. The fourth-order valence-corrected chi connectivity index (χ4v) is 8.05. The van der Waals surface area contributed by atoms with Crippen molar-refractivity contribution in [3.8, 4) is 12.3 Å². The van der Waals surface area contributed by atoms with E-state index in [9.17, 15) is 39.2 Å². The summed E-state index contributed by atoms with van der Waals surface area (Å²) in [5.74, 6) is 2.29. The number of terminal acetylenes is 1. The van der Waals surface area contributed by atoms with Gasteiger partial charge in [0.05, 0.1) is 13.2 Å². The monoisotopic (exact) mass is 679 g/mol. The van der Waals surface area contributed by atoms with Gasteiger partial charge in [0.15, 0.2) is 30.1 Å². The van der Waals surface area contributed by atoms with E-state index in [-0.39, 0.29) is 17.0 Å². The summed E-state index contributed by atoms with van der Waals surface area (Å²) in [6.45, 7) is -6.70. The highest BCUT2D eigenvalue weighted by Gasteiger charge is 2.58. The fraction of sp³-hybridized carbons (Fsp3) is 0.667. The van der Waals surface area contributed by atoms with Crippen LogP contribution >= 0.6 is 26.3 Å². The third-order valence-electron chi connectivity index (χ3n) is 6.26. The van der Waals surface area contributed by atoms with Crippen LogP contribution in [0.25, 0.3) is 11.2 Å². The molecular formula is C18H26FN6O13P2S2+. The van der Waals surface area contributed by atoms with Crippen molar-refractivity contribution in [2.75, 3.05) is 18.9 Å². The normalized spacial score (nSPS) is 37.1. The van der Waals surface area contributed by atoms with Crippen LogP contribution in [-0.4, -0.2) is 117 Å². The van der Waals surface area contributed by atoms with Gasteiger partial charge in [-0.3, -0.25) is 4.52 Å². The van der Waals surface area contributed by atoms with Crippen LogP contribution in [0.2, 0.25) is 0 Å². The molecule has 11 N–H and O–H groups in total. The highest BCUT2D eigenvalue weighted by Crippen LogP contribution is 2.61. The van der Waals surface area contributed by atoms with Crippen LogP contribution < -0.4 is 15.4 Å². The Morgan fingerprint density at radius 1 is 1.26 bits per heavy atom. The maximum Gasteiger partial charge on any atom is 0.481 e. The number of phosphoric acid groups is 1. The molecule has 2 aliphatic heterocycles. The maximum atomic E-state index is 13.9. The van der Waals surface area contributed by atoms with Gasteiger partial charge in [-0.05, 0) is 16.2 Å². The molecule has 4 rings (SSSR count). The van der Waals surface area contributed by atoms with E-state index in [0.717, 1.165) is 18.1 Å². The molecule has 12 atom stereocenters. The molecule has 7 unspecified atom stereocenters. The van der Waals surface area contributed by atoms with Gasteiger partial charge in [-0.25, -0.2) is 13.3 Å². The van der Waals surface area contributed by atoms with Gasteiger partial charge in [-0.15, -0.1) is 10.4 Å². The molecule has 0 aromatic carbocycles. The Hall–Kier alpha value is -1.45. The third kappa shape index (κ3) is 6.49. The average Bonchev–Trinajstić information content (AvgIpc) is 3.46. The lowest BCUT2D eigenvalue weighted by molar-refractivity contribution is -0.685. The Bertz CT molecular complexity index is 1440. The molecular weight excluding hydrogens is 653 g/mol. The minimum Gasteiger partial charge on any atom is -0.393 e. The van der Waals surface area contributed by atoms with Crippen LogP contribution in [0, 0.1) is 12.3 Å². The van der Waals surface area contributed by atoms with Gasteiger partial charge in [0, 0.05) is 0 Å². The van der Waals surface area contributed by atoms with Crippen LogP contribution in [0.15, 0.2) is 6.33 Å². The second-order valence-corrected chi connectivity index (χ2v) is 14.2. The van der Waals surface area contributed by atoms with E-state index >= 15 is 0 Å². The molecule has 0 aliphatic carbocycles. The van der Waals surface area contributed by atoms with Gasteiger partial charge in [-0.1, -0.05) is 10.9 Å². The standard InChI is InChI=1S/C18H25FN6O13P2S2/c1-2-18(21)13(30)7(35-17(18)25-15-8(24-42-25)14(20)22-5-23-15)4-34-40(33,41)38-39(31,32)37-16-11(29)9(27)10(28)12(36-16)6(19)3-26/h1,5-7,9-13,16-17,20,26-30H,3-4,21H2,(H2,31,32,33,41)/p+1/t6-,7+,9?,10?,11?,12?,13+,16?,17+,18+,40?/m0/s1. The number of hydrogen-bond donors (Lipinski definition) is 9. The number of nitrogen functional groups attached to an aromatic ring is 1. The first-order chi connectivity index (χ1) is 19.5.